The first-order valence-electron chi connectivity index (χ1n) is 5.92. The Morgan fingerprint density at radius 2 is 2.14 bits per heavy atom. The zero-order valence-electron chi connectivity index (χ0n) is 10.4. The minimum absolute atomic E-state index is 0.336. The van der Waals surface area contributed by atoms with E-state index in [4.69, 9.17) is 0 Å². The lowest BCUT2D eigenvalue weighted by molar-refractivity contribution is 0.0972. The lowest BCUT2D eigenvalue weighted by Crippen LogP contribution is -2.61. The monoisotopic (exact) mass is 198 g/mol. The molecule has 0 aromatic rings. The smallest absolute Gasteiger partial charge is 0.0278 e. The normalized spacial score (nSPS) is 35.1. The van der Waals surface area contributed by atoms with Crippen LogP contribution in [0.15, 0.2) is 0 Å². The van der Waals surface area contributed by atoms with Crippen LogP contribution in [0.4, 0.5) is 0 Å². The molecule has 1 aliphatic heterocycles. The van der Waals surface area contributed by atoms with Crippen LogP contribution in [0.5, 0.6) is 0 Å². The summed E-state index contributed by atoms with van der Waals surface area (Å²) in [6.45, 7) is 11.5. The predicted molar refractivity (Wildman–Crippen MR) is 62.6 cm³/mol. The minimum Gasteiger partial charge on any atom is -0.309 e. The van der Waals surface area contributed by atoms with Gasteiger partial charge in [0.1, 0.15) is 0 Å². The molecule has 1 heterocycles. The van der Waals surface area contributed by atoms with Crippen LogP contribution in [0.1, 0.15) is 40.5 Å². The summed E-state index contributed by atoms with van der Waals surface area (Å²) in [7, 11) is 2.27. The zero-order valence-corrected chi connectivity index (χ0v) is 10.4. The molecule has 0 spiro atoms. The van der Waals surface area contributed by atoms with Gasteiger partial charge >= 0.3 is 0 Å². The molecule has 0 aromatic heterocycles. The Morgan fingerprint density at radius 3 is 2.57 bits per heavy atom. The fourth-order valence-corrected chi connectivity index (χ4v) is 2.30. The molecule has 84 valence electrons. The Kier molecular flexibility index (Phi) is 3.96. The molecule has 0 aliphatic carbocycles. The average Bonchev–Trinajstić information content (AvgIpc) is 2.10. The van der Waals surface area contributed by atoms with Crippen LogP contribution in [0.2, 0.25) is 0 Å². The van der Waals surface area contributed by atoms with E-state index in [1.165, 1.54) is 19.4 Å². The summed E-state index contributed by atoms with van der Waals surface area (Å²) in [6.07, 6.45) is 2.52. The topological polar surface area (TPSA) is 15.3 Å². The van der Waals surface area contributed by atoms with E-state index in [1.54, 1.807) is 0 Å². The average molecular weight is 198 g/mol. The molecule has 1 fully saturated rings. The Morgan fingerprint density at radius 1 is 1.50 bits per heavy atom. The second-order valence-corrected chi connectivity index (χ2v) is 5.49. The highest BCUT2D eigenvalue weighted by Crippen LogP contribution is 2.20. The molecule has 2 atom stereocenters. The van der Waals surface area contributed by atoms with Gasteiger partial charge in [0.25, 0.3) is 0 Å². The Labute approximate surface area is 89.1 Å². The van der Waals surface area contributed by atoms with Crippen LogP contribution in [0, 0.1) is 5.92 Å². The number of likely N-dealkylation sites (N-methyl/N-ethyl adjacent to an activating group) is 1. The summed E-state index contributed by atoms with van der Waals surface area (Å²) >= 11 is 0. The third-order valence-corrected chi connectivity index (χ3v) is 3.51. The van der Waals surface area contributed by atoms with Crippen molar-refractivity contribution >= 4 is 0 Å². The van der Waals surface area contributed by atoms with Gasteiger partial charge in [0, 0.05) is 24.7 Å². The van der Waals surface area contributed by atoms with Crippen LogP contribution in [0.3, 0.4) is 0 Å². The largest absolute Gasteiger partial charge is 0.309 e. The molecule has 0 aromatic carbocycles. The van der Waals surface area contributed by atoms with Crippen molar-refractivity contribution in [2.24, 2.45) is 5.92 Å². The molecule has 14 heavy (non-hydrogen) atoms. The summed E-state index contributed by atoms with van der Waals surface area (Å²) in [5.74, 6) is 0.801. The van der Waals surface area contributed by atoms with Crippen molar-refractivity contribution in [1.29, 1.82) is 0 Å². The van der Waals surface area contributed by atoms with Gasteiger partial charge in [0.15, 0.2) is 0 Å². The first-order valence-corrected chi connectivity index (χ1v) is 5.92. The number of hydrogen-bond donors (Lipinski definition) is 1. The van der Waals surface area contributed by atoms with Gasteiger partial charge in [-0.2, -0.15) is 0 Å². The highest BCUT2D eigenvalue weighted by molar-refractivity contribution is 4.93. The lowest BCUT2D eigenvalue weighted by Gasteiger charge is -2.45. The molecule has 0 amide bonds. The van der Waals surface area contributed by atoms with Crippen LogP contribution in [0.25, 0.3) is 0 Å². The molecule has 0 bridgehead atoms. The van der Waals surface area contributed by atoms with E-state index in [0.29, 0.717) is 5.54 Å². The summed E-state index contributed by atoms with van der Waals surface area (Å²) in [5.41, 5.74) is 0.336. The lowest BCUT2D eigenvalue weighted by atomic mass is 9.91. The van der Waals surface area contributed by atoms with E-state index < -0.39 is 0 Å². The van der Waals surface area contributed by atoms with Crippen molar-refractivity contribution < 1.29 is 0 Å². The summed E-state index contributed by atoms with van der Waals surface area (Å²) in [6, 6.07) is 0.731. The molecular formula is C12H26N2. The minimum atomic E-state index is 0.336. The number of nitrogens with zero attached hydrogens (tertiary/aromatic N) is 1. The summed E-state index contributed by atoms with van der Waals surface area (Å²) in [4.78, 5) is 2.53. The molecule has 2 nitrogen and oxygen atoms in total. The van der Waals surface area contributed by atoms with Gasteiger partial charge in [-0.25, -0.2) is 0 Å². The third kappa shape index (κ3) is 2.96. The number of hydrogen-bond acceptors (Lipinski definition) is 2. The maximum atomic E-state index is 3.69. The third-order valence-electron chi connectivity index (χ3n) is 3.51. The van der Waals surface area contributed by atoms with Crippen molar-refractivity contribution in [3.63, 3.8) is 0 Å². The van der Waals surface area contributed by atoms with Gasteiger partial charge in [-0.1, -0.05) is 20.8 Å². The van der Waals surface area contributed by atoms with E-state index in [9.17, 15) is 0 Å². The summed E-state index contributed by atoms with van der Waals surface area (Å²) < 4.78 is 0. The molecule has 0 saturated carbocycles. The van der Waals surface area contributed by atoms with Crippen molar-refractivity contribution in [3.8, 4) is 0 Å². The molecule has 1 rings (SSSR count). The predicted octanol–water partition coefficient (Wildman–Crippen LogP) is 2.10. The van der Waals surface area contributed by atoms with Gasteiger partial charge in [-0.05, 0) is 32.7 Å². The Hall–Kier alpha value is -0.0800. The van der Waals surface area contributed by atoms with E-state index in [0.717, 1.165) is 18.5 Å². The molecule has 1 aliphatic rings. The SMILES string of the molecule is CCC1(C)CN(C)C(CC(C)C)CN1. The van der Waals surface area contributed by atoms with Crippen molar-refractivity contribution in [2.75, 3.05) is 20.1 Å². The molecular weight excluding hydrogens is 172 g/mol. The van der Waals surface area contributed by atoms with Crippen LogP contribution in [-0.2, 0) is 0 Å². The standard InChI is InChI=1S/C12H26N2/c1-6-12(4)9-14(5)11(8-13-12)7-10(2)3/h10-11,13H,6-9H2,1-5H3. The Bertz CT molecular complexity index is 179. The number of nitrogens with one attached hydrogen (secondary N) is 1. The fourth-order valence-electron chi connectivity index (χ4n) is 2.30. The second kappa shape index (κ2) is 4.63. The molecule has 1 N–H and O–H groups in total. The van der Waals surface area contributed by atoms with Gasteiger partial charge in [-0.15, -0.1) is 0 Å². The highest BCUT2D eigenvalue weighted by atomic mass is 15.2. The molecule has 2 heteroatoms. The summed E-state index contributed by atoms with van der Waals surface area (Å²) in [5, 5.41) is 3.69. The van der Waals surface area contributed by atoms with E-state index in [1.807, 2.05) is 0 Å². The van der Waals surface area contributed by atoms with Gasteiger partial charge in [0.2, 0.25) is 0 Å². The maximum absolute atomic E-state index is 3.69. The first-order chi connectivity index (χ1) is 6.47. The fraction of sp³-hybridized carbons (Fsp3) is 1.00. The van der Waals surface area contributed by atoms with Crippen LogP contribution in [-0.4, -0.2) is 36.6 Å². The maximum Gasteiger partial charge on any atom is 0.0278 e. The Balaban J connectivity index is 2.47. The van der Waals surface area contributed by atoms with Crippen LogP contribution >= 0.6 is 0 Å². The first kappa shape index (κ1) is 12.0. The van der Waals surface area contributed by atoms with E-state index >= 15 is 0 Å². The van der Waals surface area contributed by atoms with E-state index in [2.05, 4.69) is 45.0 Å². The second-order valence-electron chi connectivity index (χ2n) is 5.49. The molecule has 1 saturated heterocycles. The highest BCUT2D eigenvalue weighted by Gasteiger charge is 2.32. The quantitative estimate of drug-likeness (QED) is 0.747. The molecule has 2 unspecified atom stereocenters. The number of piperazine rings is 1. The zero-order chi connectivity index (χ0) is 10.8. The molecule has 0 radical (unpaired) electrons. The van der Waals surface area contributed by atoms with E-state index in [-0.39, 0.29) is 0 Å². The van der Waals surface area contributed by atoms with Crippen molar-refractivity contribution in [3.05, 3.63) is 0 Å². The van der Waals surface area contributed by atoms with Gasteiger partial charge in [0.05, 0.1) is 0 Å². The van der Waals surface area contributed by atoms with Crippen molar-refractivity contribution in [2.45, 2.75) is 52.1 Å². The van der Waals surface area contributed by atoms with Crippen LogP contribution < -0.4 is 5.32 Å². The number of rotatable bonds is 3. The van der Waals surface area contributed by atoms with Crippen molar-refractivity contribution in [1.82, 2.24) is 10.2 Å². The van der Waals surface area contributed by atoms with Gasteiger partial charge < -0.3 is 10.2 Å². The van der Waals surface area contributed by atoms with Gasteiger partial charge in [-0.3, -0.25) is 0 Å².